The Hall–Kier alpha value is -1.02. The minimum absolute atomic E-state index is 0.517. The minimum Gasteiger partial charge on any atom is -0.303 e. The molecule has 1 atom stereocenters. The van der Waals surface area contributed by atoms with Gasteiger partial charge in [0.15, 0.2) is 5.65 Å². The lowest BCUT2D eigenvalue weighted by Gasteiger charge is -2.07. The van der Waals surface area contributed by atoms with Crippen LogP contribution in [0.3, 0.4) is 0 Å². The van der Waals surface area contributed by atoms with E-state index in [4.69, 9.17) is 11.6 Å². The molecule has 2 aromatic heterocycles. The van der Waals surface area contributed by atoms with Gasteiger partial charge in [-0.25, -0.2) is 4.98 Å². The quantitative estimate of drug-likeness (QED) is 0.739. The molecule has 2 nitrogen and oxygen atoms in total. The Labute approximate surface area is 88.5 Å². The smallest absolute Gasteiger partial charge is 0.155 e. The second-order valence-corrected chi connectivity index (χ2v) is 3.95. The van der Waals surface area contributed by atoms with Gasteiger partial charge in [0.2, 0.25) is 0 Å². The third kappa shape index (κ3) is 1.40. The maximum absolute atomic E-state index is 6.03. The minimum atomic E-state index is 0.517. The molecular formula is C11H13ClN2. The van der Waals surface area contributed by atoms with Crippen LogP contribution in [0.2, 0.25) is 5.02 Å². The summed E-state index contributed by atoms with van der Waals surface area (Å²) in [6, 6.07) is 3.81. The molecule has 0 saturated carbocycles. The van der Waals surface area contributed by atoms with E-state index in [0.717, 1.165) is 12.1 Å². The van der Waals surface area contributed by atoms with Crippen molar-refractivity contribution < 1.29 is 0 Å². The third-order valence-electron chi connectivity index (χ3n) is 2.63. The molecule has 0 N–H and O–H groups in total. The van der Waals surface area contributed by atoms with Crippen molar-refractivity contribution in [3.8, 4) is 0 Å². The normalized spacial score (nSPS) is 13.4. The van der Waals surface area contributed by atoms with Gasteiger partial charge in [0.25, 0.3) is 0 Å². The van der Waals surface area contributed by atoms with E-state index in [-0.39, 0.29) is 0 Å². The van der Waals surface area contributed by atoms with Gasteiger partial charge in [-0.1, -0.05) is 25.4 Å². The Morgan fingerprint density at radius 3 is 3.07 bits per heavy atom. The fourth-order valence-corrected chi connectivity index (χ4v) is 1.78. The predicted molar refractivity (Wildman–Crippen MR) is 58.9 cm³/mol. The molecule has 0 aliphatic heterocycles. The first-order valence-corrected chi connectivity index (χ1v) is 5.23. The Bertz CT molecular complexity index is 447. The molecule has 0 bridgehead atoms. The second kappa shape index (κ2) is 3.62. The molecule has 0 fully saturated rings. The molecule has 14 heavy (non-hydrogen) atoms. The summed E-state index contributed by atoms with van der Waals surface area (Å²) < 4.78 is 2.07. The summed E-state index contributed by atoms with van der Waals surface area (Å²) in [6.07, 6.45) is 5.03. The first-order chi connectivity index (χ1) is 6.74. The summed E-state index contributed by atoms with van der Waals surface area (Å²) in [5.41, 5.74) is 2.08. The largest absolute Gasteiger partial charge is 0.303 e. The van der Waals surface area contributed by atoms with Crippen molar-refractivity contribution in [2.75, 3.05) is 0 Å². The number of imidazole rings is 1. The van der Waals surface area contributed by atoms with Gasteiger partial charge in [0, 0.05) is 18.1 Å². The Balaban J connectivity index is 2.63. The van der Waals surface area contributed by atoms with Crippen molar-refractivity contribution in [1.29, 1.82) is 0 Å². The van der Waals surface area contributed by atoms with Crippen molar-refractivity contribution in [2.24, 2.45) is 0 Å². The van der Waals surface area contributed by atoms with Gasteiger partial charge in [-0.15, -0.1) is 0 Å². The fourth-order valence-electron chi connectivity index (χ4n) is 1.57. The van der Waals surface area contributed by atoms with Gasteiger partial charge >= 0.3 is 0 Å². The van der Waals surface area contributed by atoms with Crippen molar-refractivity contribution in [1.82, 2.24) is 9.38 Å². The molecule has 0 saturated heterocycles. The van der Waals surface area contributed by atoms with E-state index in [2.05, 4.69) is 23.2 Å². The van der Waals surface area contributed by atoms with E-state index in [0.29, 0.717) is 10.9 Å². The zero-order valence-electron chi connectivity index (χ0n) is 8.37. The fraction of sp³-hybridized carbons (Fsp3) is 0.364. The maximum atomic E-state index is 6.03. The lowest BCUT2D eigenvalue weighted by molar-refractivity contribution is 0.700. The van der Waals surface area contributed by atoms with Crippen molar-refractivity contribution in [3.05, 3.63) is 35.2 Å². The first kappa shape index (κ1) is 9.53. The van der Waals surface area contributed by atoms with E-state index in [1.165, 1.54) is 5.69 Å². The first-order valence-electron chi connectivity index (χ1n) is 4.85. The SMILES string of the molecule is CCC(C)c1cnc2c(Cl)cccn12. The van der Waals surface area contributed by atoms with Crippen LogP contribution >= 0.6 is 11.6 Å². The van der Waals surface area contributed by atoms with Crippen LogP contribution in [-0.2, 0) is 0 Å². The van der Waals surface area contributed by atoms with Crippen LogP contribution < -0.4 is 0 Å². The molecule has 0 aromatic carbocycles. The topological polar surface area (TPSA) is 17.3 Å². The van der Waals surface area contributed by atoms with Crippen LogP contribution in [0.25, 0.3) is 5.65 Å². The summed E-state index contributed by atoms with van der Waals surface area (Å²) in [6.45, 7) is 4.37. The molecule has 2 heterocycles. The second-order valence-electron chi connectivity index (χ2n) is 3.54. The van der Waals surface area contributed by atoms with Gasteiger partial charge in [-0.3, -0.25) is 0 Å². The number of fused-ring (bicyclic) bond motifs is 1. The number of pyridine rings is 1. The van der Waals surface area contributed by atoms with Crippen molar-refractivity contribution in [3.63, 3.8) is 0 Å². The molecule has 3 heteroatoms. The Morgan fingerprint density at radius 2 is 2.36 bits per heavy atom. The molecule has 2 rings (SSSR count). The lowest BCUT2D eigenvalue weighted by Crippen LogP contribution is -1.96. The standard InChI is InChI=1S/C11H13ClN2/c1-3-8(2)10-7-13-11-9(12)5-4-6-14(10)11/h4-8H,3H2,1-2H3. The predicted octanol–water partition coefficient (Wildman–Crippen LogP) is 3.50. The molecule has 74 valence electrons. The van der Waals surface area contributed by atoms with E-state index in [9.17, 15) is 0 Å². The molecule has 1 unspecified atom stereocenters. The van der Waals surface area contributed by atoms with Gasteiger partial charge in [0.1, 0.15) is 0 Å². The number of rotatable bonds is 2. The van der Waals surface area contributed by atoms with E-state index >= 15 is 0 Å². The molecular weight excluding hydrogens is 196 g/mol. The summed E-state index contributed by atoms with van der Waals surface area (Å²) in [4.78, 5) is 4.32. The number of hydrogen-bond donors (Lipinski definition) is 0. The number of hydrogen-bond acceptors (Lipinski definition) is 1. The van der Waals surface area contributed by atoms with E-state index in [1.54, 1.807) is 0 Å². The van der Waals surface area contributed by atoms with Gasteiger partial charge in [-0.05, 0) is 24.5 Å². The number of nitrogens with zero attached hydrogens (tertiary/aromatic N) is 2. The van der Waals surface area contributed by atoms with Crippen LogP contribution in [0.4, 0.5) is 0 Å². The van der Waals surface area contributed by atoms with Crippen LogP contribution in [0.15, 0.2) is 24.5 Å². The van der Waals surface area contributed by atoms with E-state index in [1.807, 2.05) is 24.5 Å². The highest BCUT2D eigenvalue weighted by Crippen LogP contribution is 2.23. The van der Waals surface area contributed by atoms with E-state index < -0.39 is 0 Å². The Kier molecular flexibility index (Phi) is 2.46. The van der Waals surface area contributed by atoms with Crippen LogP contribution in [0.1, 0.15) is 31.9 Å². The average molecular weight is 209 g/mol. The molecule has 2 aromatic rings. The van der Waals surface area contributed by atoms with Gasteiger partial charge in [-0.2, -0.15) is 0 Å². The van der Waals surface area contributed by atoms with Crippen molar-refractivity contribution >= 4 is 17.2 Å². The third-order valence-corrected chi connectivity index (χ3v) is 2.93. The summed E-state index contributed by atoms with van der Waals surface area (Å²) in [7, 11) is 0. The highest BCUT2D eigenvalue weighted by molar-refractivity contribution is 6.33. The zero-order valence-corrected chi connectivity index (χ0v) is 9.12. The lowest BCUT2D eigenvalue weighted by atomic mass is 10.1. The highest BCUT2D eigenvalue weighted by atomic mass is 35.5. The maximum Gasteiger partial charge on any atom is 0.155 e. The highest BCUT2D eigenvalue weighted by Gasteiger charge is 2.10. The molecule has 0 spiro atoms. The zero-order chi connectivity index (χ0) is 10.1. The van der Waals surface area contributed by atoms with Gasteiger partial charge < -0.3 is 4.40 Å². The summed E-state index contributed by atoms with van der Waals surface area (Å²) >= 11 is 6.03. The van der Waals surface area contributed by atoms with Crippen LogP contribution in [0, 0.1) is 0 Å². The van der Waals surface area contributed by atoms with Crippen molar-refractivity contribution in [2.45, 2.75) is 26.2 Å². The molecule has 0 aliphatic rings. The average Bonchev–Trinajstić information content (AvgIpc) is 2.62. The van der Waals surface area contributed by atoms with Gasteiger partial charge in [0.05, 0.1) is 5.02 Å². The molecule has 0 amide bonds. The molecule has 0 aliphatic carbocycles. The van der Waals surface area contributed by atoms with Crippen LogP contribution in [-0.4, -0.2) is 9.38 Å². The monoisotopic (exact) mass is 208 g/mol. The number of halogens is 1. The summed E-state index contributed by atoms with van der Waals surface area (Å²) in [5, 5.41) is 0.710. The summed E-state index contributed by atoms with van der Waals surface area (Å²) in [5.74, 6) is 0.517. The number of aromatic nitrogens is 2. The Morgan fingerprint density at radius 1 is 1.57 bits per heavy atom. The van der Waals surface area contributed by atoms with Crippen LogP contribution in [0.5, 0.6) is 0 Å². The molecule has 0 radical (unpaired) electrons.